The molecule has 3 heterocycles. The molecule has 0 saturated heterocycles. The number of halogens is 1. The molecule has 5 aromatic rings. The first-order chi connectivity index (χ1) is 21.1. The first-order valence-corrected chi connectivity index (χ1v) is 14.6. The number of thiophene rings is 1. The summed E-state index contributed by atoms with van der Waals surface area (Å²) in [6.07, 6.45) is 6.68. The van der Waals surface area contributed by atoms with Crippen LogP contribution in [0.15, 0.2) is 76.6 Å². The summed E-state index contributed by atoms with van der Waals surface area (Å²) in [5.41, 5.74) is -0.359. The van der Waals surface area contributed by atoms with Crippen LogP contribution in [0.3, 0.4) is 0 Å². The Labute approximate surface area is 256 Å². The Balaban J connectivity index is 1.63. The molecule has 0 radical (unpaired) electrons. The van der Waals surface area contributed by atoms with E-state index >= 15 is 0 Å². The van der Waals surface area contributed by atoms with Gasteiger partial charge in [-0.1, -0.05) is 53.8 Å². The first kappa shape index (κ1) is 30.3. The topological polar surface area (TPSA) is 105 Å². The highest BCUT2D eigenvalue weighted by atomic mass is 32.1. The van der Waals surface area contributed by atoms with Crippen LogP contribution < -0.4 is 11.2 Å². The summed E-state index contributed by atoms with van der Waals surface area (Å²) in [5.74, 6) is -1.18. The second-order valence-corrected chi connectivity index (χ2v) is 11.5. The van der Waals surface area contributed by atoms with Crippen molar-refractivity contribution in [1.82, 2.24) is 24.1 Å². The second kappa shape index (κ2) is 12.6. The minimum Gasteiger partial charge on any atom is -0.459 e. The van der Waals surface area contributed by atoms with Crippen LogP contribution in [-0.2, 0) is 34.6 Å². The molecule has 0 N–H and O–H groups in total. The third-order valence-electron chi connectivity index (χ3n) is 7.26. The molecule has 0 saturated carbocycles. The number of rotatable bonds is 10. The van der Waals surface area contributed by atoms with Crippen molar-refractivity contribution in [1.29, 1.82) is 0 Å². The van der Waals surface area contributed by atoms with Crippen molar-refractivity contribution in [3.05, 3.63) is 127 Å². The number of hydrogen-bond acceptors (Lipinski definition) is 7. The van der Waals surface area contributed by atoms with Crippen LogP contribution in [0.1, 0.15) is 36.1 Å². The number of esters is 1. The van der Waals surface area contributed by atoms with Crippen molar-refractivity contribution < 1.29 is 13.9 Å². The maximum absolute atomic E-state index is 14.3. The lowest BCUT2D eigenvalue weighted by atomic mass is 10.0. The van der Waals surface area contributed by atoms with E-state index in [4.69, 9.17) is 11.3 Å². The van der Waals surface area contributed by atoms with Crippen molar-refractivity contribution in [2.45, 2.75) is 45.9 Å². The summed E-state index contributed by atoms with van der Waals surface area (Å²) >= 11 is 1.18. The standard InChI is InChI=1S/C32H29FN6O4S/c1-21-26-27(40)38(32(2,3)30(41)43-20-22-9-6-5-7-10-22)31(42)37(29(26)44-28(21)39-35-16-17-36-39)18-14-24-19-25(33)13-12-23(24)11-8-15-34-4/h5-13,16-17,19H,14-15,18,20H2,1-3H3/b11-8+. The van der Waals surface area contributed by atoms with Gasteiger partial charge in [0, 0.05) is 12.1 Å². The fourth-order valence-electron chi connectivity index (χ4n) is 4.95. The summed E-state index contributed by atoms with van der Waals surface area (Å²) in [4.78, 5) is 46.8. The van der Waals surface area contributed by atoms with Crippen LogP contribution in [0, 0.1) is 19.3 Å². The number of carbonyl (C=O) groups excluding carboxylic acids is 1. The molecule has 0 amide bonds. The Morgan fingerprint density at radius 1 is 1.14 bits per heavy atom. The van der Waals surface area contributed by atoms with Gasteiger partial charge in [-0.2, -0.15) is 10.2 Å². The van der Waals surface area contributed by atoms with Crippen LogP contribution in [0.5, 0.6) is 0 Å². The minimum atomic E-state index is -1.66. The average Bonchev–Trinajstić information content (AvgIpc) is 3.65. The van der Waals surface area contributed by atoms with Gasteiger partial charge in [-0.25, -0.2) is 25.1 Å². The third-order valence-corrected chi connectivity index (χ3v) is 8.54. The van der Waals surface area contributed by atoms with Gasteiger partial charge in [0.25, 0.3) is 5.56 Å². The van der Waals surface area contributed by atoms with E-state index in [1.54, 1.807) is 25.1 Å². The Morgan fingerprint density at radius 2 is 1.86 bits per heavy atom. The van der Waals surface area contributed by atoms with E-state index in [0.29, 0.717) is 26.5 Å². The summed E-state index contributed by atoms with van der Waals surface area (Å²) in [6, 6.07) is 13.4. The van der Waals surface area contributed by atoms with Gasteiger partial charge in [0.2, 0.25) is 6.54 Å². The van der Waals surface area contributed by atoms with E-state index < -0.39 is 28.6 Å². The predicted molar refractivity (Wildman–Crippen MR) is 166 cm³/mol. The molecule has 0 atom stereocenters. The quantitative estimate of drug-likeness (QED) is 0.164. The van der Waals surface area contributed by atoms with Gasteiger partial charge in [0.15, 0.2) is 0 Å². The number of nitrogens with zero attached hydrogens (tertiary/aromatic N) is 6. The van der Waals surface area contributed by atoms with Crippen molar-refractivity contribution in [2.24, 2.45) is 0 Å². The lowest BCUT2D eigenvalue weighted by molar-refractivity contribution is -0.154. The molecule has 10 nitrogen and oxygen atoms in total. The van der Waals surface area contributed by atoms with Crippen LogP contribution >= 0.6 is 11.3 Å². The zero-order valence-corrected chi connectivity index (χ0v) is 25.2. The van der Waals surface area contributed by atoms with E-state index in [-0.39, 0.29) is 31.5 Å². The zero-order chi connectivity index (χ0) is 31.4. The highest BCUT2D eigenvalue weighted by Crippen LogP contribution is 2.31. The SMILES string of the molecule is [C-]#[N+]C/C=C/c1ccc(F)cc1CCn1c(=O)n(C(C)(C)C(=O)OCc2ccccc2)c(=O)c2c(C)c(-n3nccn3)sc21. The van der Waals surface area contributed by atoms with E-state index in [2.05, 4.69) is 15.0 Å². The molecular weight excluding hydrogens is 583 g/mol. The summed E-state index contributed by atoms with van der Waals surface area (Å²) < 4.78 is 22.3. The monoisotopic (exact) mass is 612 g/mol. The number of aryl methyl sites for hydroxylation is 3. The Kier molecular flexibility index (Phi) is 8.69. The smallest absolute Gasteiger partial charge is 0.333 e. The molecule has 12 heteroatoms. The second-order valence-electron chi connectivity index (χ2n) is 10.6. The molecule has 0 bridgehead atoms. The fourth-order valence-corrected chi connectivity index (χ4v) is 6.18. The Morgan fingerprint density at radius 3 is 2.57 bits per heavy atom. The predicted octanol–water partition coefficient (Wildman–Crippen LogP) is 4.91. The van der Waals surface area contributed by atoms with Crippen LogP contribution in [0.25, 0.3) is 26.1 Å². The molecule has 224 valence electrons. The molecule has 3 aromatic heterocycles. The largest absolute Gasteiger partial charge is 0.459 e. The number of hydrogen-bond donors (Lipinski definition) is 0. The lowest BCUT2D eigenvalue weighted by Crippen LogP contribution is -2.53. The van der Waals surface area contributed by atoms with Gasteiger partial charge in [-0.15, -0.1) is 4.80 Å². The summed E-state index contributed by atoms with van der Waals surface area (Å²) in [6.45, 7) is 11.9. The number of ether oxygens (including phenoxy) is 1. The highest BCUT2D eigenvalue weighted by molar-refractivity contribution is 7.21. The van der Waals surface area contributed by atoms with E-state index in [1.807, 2.05) is 30.3 Å². The van der Waals surface area contributed by atoms with E-state index in [0.717, 1.165) is 10.1 Å². The number of carbonyl (C=O) groups is 1. The Hall–Kier alpha value is -5.15. The molecule has 0 fully saturated rings. The summed E-state index contributed by atoms with van der Waals surface area (Å²) in [5, 5.41) is 9.20. The molecule has 0 aliphatic carbocycles. The van der Waals surface area contributed by atoms with Crippen LogP contribution in [0.4, 0.5) is 4.39 Å². The van der Waals surface area contributed by atoms with Gasteiger partial charge in [0.05, 0.1) is 17.8 Å². The zero-order valence-electron chi connectivity index (χ0n) is 24.4. The minimum absolute atomic E-state index is 0.0236. The van der Waals surface area contributed by atoms with E-state index in [9.17, 15) is 18.8 Å². The highest BCUT2D eigenvalue weighted by Gasteiger charge is 2.37. The van der Waals surface area contributed by atoms with Gasteiger partial charge in [0.1, 0.15) is 27.8 Å². The van der Waals surface area contributed by atoms with E-state index in [1.165, 1.54) is 59.1 Å². The lowest BCUT2D eigenvalue weighted by Gasteiger charge is -2.26. The van der Waals surface area contributed by atoms with Gasteiger partial charge in [-0.3, -0.25) is 9.36 Å². The van der Waals surface area contributed by atoms with Crippen molar-refractivity contribution >= 4 is 33.6 Å². The van der Waals surface area contributed by atoms with Crippen molar-refractivity contribution in [3.8, 4) is 5.00 Å². The van der Waals surface area contributed by atoms with Gasteiger partial charge < -0.3 is 9.58 Å². The fraction of sp³-hybridized carbons (Fsp3) is 0.250. The molecule has 5 rings (SSSR count). The van der Waals surface area contributed by atoms with Crippen LogP contribution in [0.2, 0.25) is 0 Å². The van der Waals surface area contributed by atoms with Crippen molar-refractivity contribution in [2.75, 3.05) is 6.54 Å². The molecule has 44 heavy (non-hydrogen) atoms. The van der Waals surface area contributed by atoms with Crippen LogP contribution in [-0.4, -0.2) is 36.6 Å². The molecule has 0 spiro atoms. The van der Waals surface area contributed by atoms with Gasteiger partial charge in [-0.05, 0) is 62.1 Å². The number of aromatic nitrogens is 5. The molecule has 0 aliphatic heterocycles. The summed E-state index contributed by atoms with van der Waals surface area (Å²) in [7, 11) is 0. The number of benzene rings is 2. The first-order valence-electron chi connectivity index (χ1n) is 13.8. The van der Waals surface area contributed by atoms with Gasteiger partial charge >= 0.3 is 11.7 Å². The molecule has 0 unspecified atom stereocenters. The van der Waals surface area contributed by atoms with Crippen molar-refractivity contribution in [3.63, 3.8) is 0 Å². The normalized spacial score (nSPS) is 11.7. The number of fused-ring (bicyclic) bond motifs is 1. The maximum Gasteiger partial charge on any atom is 0.333 e. The maximum atomic E-state index is 14.3. The third kappa shape index (κ3) is 5.87. The molecule has 0 aliphatic rings. The molecular formula is C32H29FN6O4S. The molecule has 2 aromatic carbocycles. The Bertz CT molecular complexity index is 2020. The average molecular weight is 613 g/mol.